The molecular weight excluding hydrogens is 240 g/mol. The van der Waals surface area contributed by atoms with E-state index in [4.69, 9.17) is 16.3 Å². The van der Waals surface area contributed by atoms with E-state index in [9.17, 15) is 4.79 Å². The largest absolute Gasteiger partial charge is 0.496 e. The quantitative estimate of drug-likeness (QED) is 0.840. The van der Waals surface area contributed by atoms with Crippen molar-refractivity contribution in [1.29, 1.82) is 0 Å². The van der Waals surface area contributed by atoms with Crippen LogP contribution in [0.3, 0.4) is 0 Å². The van der Waals surface area contributed by atoms with E-state index in [1.807, 2.05) is 0 Å². The molecule has 0 spiro atoms. The molecule has 0 saturated carbocycles. The van der Waals surface area contributed by atoms with Gasteiger partial charge in [0.2, 0.25) is 5.91 Å². The van der Waals surface area contributed by atoms with Gasteiger partial charge in [0.25, 0.3) is 0 Å². The molecule has 2 rings (SSSR count). The smallest absolute Gasteiger partial charge is 0.236 e. The van der Waals surface area contributed by atoms with Crippen LogP contribution in [-0.4, -0.2) is 22.6 Å². The van der Waals surface area contributed by atoms with E-state index in [1.54, 1.807) is 37.7 Å². The molecule has 0 aliphatic heterocycles. The van der Waals surface area contributed by atoms with Gasteiger partial charge in [0.05, 0.1) is 13.5 Å². The van der Waals surface area contributed by atoms with Gasteiger partial charge in [0, 0.05) is 23.0 Å². The summed E-state index contributed by atoms with van der Waals surface area (Å²) in [6.07, 6.45) is 4.87. The summed E-state index contributed by atoms with van der Waals surface area (Å²) in [7, 11) is 1.56. The zero-order chi connectivity index (χ0) is 12.3. The molecule has 0 unspecified atom stereocenters. The number of nitrogens with zero attached hydrogens (tertiary/aromatic N) is 2. The maximum atomic E-state index is 11.9. The van der Waals surface area contributed by atoms with Gasteiger partial charge in [-0.1, -0.05) is 11.6 Å². The van der Waals surface area contributed by atoms with Crippen molar-refractivity contribution in [2.45, 2.75) is 6.42 Å². The van der Waals surface area contributed by atoms with E-state index in [0.29, 0.717) is 10.8 Å². The third-order valence-electron chi connectivity index (χ3n) is 2.38. The van der Waals surface area contributed by atoms with E-state index < -0.39 is 0 Å². The number of benzene rings is 1. The predicted molar refractivity (Wildman–Crippen MR) is 64.6 cm³/mol. The molecule has 0 radical (unpaired) electrons. The van der Waals surface area contributed by atoms with E-state index in [1.165, 1.54) is 10.9 Å². The van der Waals surface area contributed by atoms with Crippen molar-refractivity contribution in [2.24, 2.45) is 0 Å². The molecule has 0 atom stereocenters. The number of imidazole rings is 1. The Kier molecular flexibility index (Phi) is 3.44. The Balaban J connectivity index is 2.23. The van der Waals surface area contributed by atoms with Gasteiger partial charge in [-0.2, -0.15) is 0 Å². The SMILES string of the molecule is COc1ccc(Cl)cc1CC(=O)n1ccnc1. The van der Waals surface area contributed by atoms with Crippen molar-refractivity contribution in [1.82, 2.24) is 9.55 Å². The van der Waals surface area contributed by atoms with Crippen LogP contribution in [0.4, 0.5) is 0 Å². The van der Waals surface area contributed by atoms with Gasteiger partial charge >= 0.3 is 0 Å². The van der Waals surface area contributed by atoms with E-state index in [2.05, 4.69) is 4.98 Å². The fourth-order valence-corrected chi connectivity index (χ4v) is 1.74. The van der Waals surface area contributed by atoms with Crippen LogP contribution in [-0.2, 0) is 6.42 Å². The van der Waals surface area contributed by atoms with E-state index >= 15 is 0 Å². The van der Waals surface area contributed by atoms with E-state index in [0.717, 1.165) is 5.56 Å². The van der Waals surface area contributed by atoms with Crippen molar-refractivity contribution >= 4 is 17.5 Å². The molecule has 0 fully saturated rings. The monoisotopic (exact) mass is 250 g/mol. The van der Waals surface area contributed by atoms with Gasteiger partial charge in [0.1, 0.15) is 12.1 Å². The first-order valence-corrected chi connectivity index (χ1v) is 5.42. The van der Waals surface area contributed by atoms with Crippen LogP contribution in [0, 0.1) is 0 Å². The highest BCUT2D eigenvalue weighted by molar-refractivity contribution is 6.30. The summed E-state index contributed by atoms with van der Waals surface area (Å²) in [5.41, 5.74) is 0.763. The Morgan fingerprint density at radius 3 is 3.00 bits per heavy atom. The lowest BCUT2D eigenvalue weighted by Gasteiger charge is -2.08. The molecule has 2 aromatic rings. The Morgan fingerprint density at radius 1 is 1.53 bits per heavy atom. The fourth-order valence-electron chi connectivity index (χ4n) is 1.55. The molecule has 0 bridgehead atoms. The number of aromatic nitrogens is 2. The number of halogens is 1. The predicted octanol–water partition coefficient (Wildman–Crippen LogP) is 2.43. The highest BCUT2D eigenvalue weighted by Crippen LogP contribution is 2.23. The Hall–Kier alpha value is -1.81. The minimum absolute atomic E-state index is 0.0805. The Bertz CT molecular complexity index is 523. The molecule has 0 aliphatic carbocycles. The molecule has 88 valence electrons. The number of carbonyl (C=O) groups excluding carboxylic acids is 1. The summed E-state index contributed by atoms with van der Waals surface area (Å²) in [5, 5.41) is 0.583. The topological polar surface area (TPSA) is 44.1 Å². The van der Waals surface area contributed by atoms with Crippen LogP contribution >= 0.6 is 11.6 Å². The zero-order valence-electron chi connectivity index (χ0n) is 9.26. The van der Waals surface area contributed by atoms with Crippen LogP contribution in [0.15, 0.2) is 36.9 Å². The fraction of sp³-hybridized carbons (Fsp3) is 0.167. The molecule has 0 amide bonds. The second-order valence-electron chi connectivity index (χ2n) is 3.50. The van der Waals surface area contributed by atoms with Crippen LogP contribution in [0.5, 0.6) is 5.75 Å². The summed E-state index contributed by atoms with van der Waals surface area (Å²) >= 11 is 5.90. The summed E-state index contributed by atoms with van der Waals surface area (Å²) in [5.74, 6) is 0.575. The summed E-state index contributed by atoms with van der Waals surface area (Å²) in [6.45, 7) is 0. The molecule has 0 aliphatic rings. The molecule has 1 heterocycles. The van der Waals surface area contributed by atoms with Gasteiger partial charge < -0.3 is 4.74 Å². The minimum Gasteiger partial charge on any atom is -0.496 e. The van der Waals surface area contributed by atoms with Crippen molar-refractivity contribution in [3.05, 3.63) is 47.5 Å². The van der Waals surface area contributed by atoms with Crippen molar-refractivity contribution in [3.8, 4) is 5.75 Å². The van der Waals surface area contributed by atoms with Gasteiger partial charge in [-0.25, -0.2) is 4.98 Å². The van der Waals surface area contributed by atoms with E-state index in [-0.39, 0.29) is 12.3 Å². The number of hydrogen-bond donors (Lipinski definition) is 0. The van der Waals surface area contributed by atoms with Crippen molar-refractivity contribution in [2.75, 3.05) is 7.11 Å². The van der Waals surface area contributed by atoms with Gasteiger partial charge in [-0.15, -0.1) is 0 Å². The highest BCUT2D eigenvalue weighted by Gasteiger charge is 2.10. The third kappa shape index (κ3) is 2.65. The third-order valence-corrected chi connectivity index (χ3v) is 2.61. The normalized spacial score (nSPS) is 10.2. The van der Waals surface area contributed by atoms with Crippen LogP contribution < -0.4 is 4.74 Å². The standard InChI is InChI=1S/C12H11ClN2O2/c1-17-11-3-2-10(13)6-9(11)7-12(16)15-5-4-14-8-15/h2-6,8H,7H2,1H3. The molecule has 5 heteroatoms. The average Bonchev–Trinajstić information content (AvgIpc) is 2.83. The maximum absolute atomic E-state index is 11.9. The first-order valence-electron chi connectivity index (χ1n) is 5.04. The maximum Gasteiger partial charge on any atom is 0.236 e. The van der Waals surface area contributed by atoms with Gasteiger partial charge in [0.15, 0.2) is 0 Å². The molecule has 4 nitrogen and oxygen atoms in total. The molecule has 17 heavy (non-hydrogen) atoms. The van der Waals surface area contributed by atoms with Crippen LogP contribution in [0.2, 0.25) is 5.02 Å². The van der Waals surface area contributed by atoms with Gasteiger partial charge in [-0.3, -0.25) is 9.36 Å². The number of methoxy groups -OCH3 is 1. The lowest BCUT2D eigenvalue weighted by Crippen LogP contribution is -2.12. The van der Waals surface area contributed by atoms with Crippen molar-refractivity contribution < 1.29 is 9.53 Å². The first-order chi connectivity index (χ1) is 8.20. The minimum atomic E-state index is -0.0805. The highest BCUT2D eigenvalue weighted by atomic mass is 35.5. The first kappa shape index (κ1) is 11.7. The average molecular weight is 251 g/mol. The molecule has 0 N–H and O–H groups in total. The van der Waals surface area contributed by atoms with Crippen LogP contribution in [0.1, 0.15) is 10.4 Å². The number of hydrogen-bond acceptors (Lipinski definition) is 3. The summed E-state index contributed by atoms with van der Waals surface area (Å²) < 4.78 is 6.61. The molecule has 0 saturated heterocycles. The summed E-state index contributed by atoms with van der Waals surface area (Å²) in [4.78, 5) is 15.7. The number of carbonyl (C=O) groups is 1. The number of rotatable bonds is 3. The van der Waals surface area contributed by atoms with Gasteiger partial charge in [-0.05, 0) is 18.2 Å². The van der Waals surface area contributed by atoms with Crippen LogP contribution in [0.25, 0.3) is 0 Å². The lowest BCUT2D eigenvalue weighted by molar-refractivity contribution is 0.0913. The second kappa shape index (κ2) is 5.01. The van der Waals surface area contributed by atoms with Crippen molar-refractivity contribution in [3.63, 3.8) is 0 Å². The zero-order valence-corrected chi connectivity index (χ0v) is 10.0. The molecular formula is C12H11ClN2O2. The Labute approximate surface area is 104 Å². The molecule has 1 aromatic heterocycles. The lowest BCUT2D eigenvalue weighted by atomic mass is 10.1. The molecule has 1 aromatic carbocycles. The second-order valence-corrected chi connectivity index (χ2v) is 3.93. The summed E-state index contributed by atoms with van der Waals surface area (Å²) in [6, 6.07) is 5.21. The Morgan fingerprint density at radius 2 is 2.35 bits per heavy atom. The number of ether oxygens (including phenoxy) is 1.